The van der Waals surface area contributed by atoms with Crippen LogP contribution in [0.25, 0.3) is 10.9 Å². The van der Waals surface area contributed by atoms with Gasteiger partial charge in [-0.25, -0.2) is 9.18 Å². The number of likely N-dealkylation sites (tertiary alicyclic amines) is 1. The van der Waals surface area contributed by atoms with Gasteiger partial charge in [-0.15, -0.1) is 0 Å². The number of pyridine rings is 1. The van der Waals surface area contributed by atoms with Gasteiger partial charge in [0.15, 0.2) is 0 Å². The van der Waals surface area contributed by atoms with Gasteiger partial charge in [0.05, 0.1) is 17.1 Å². The van der Waals surface area contributed by atoms with E-state index in [1.807, 2.05) is 0 Å². The average Bonchev–Trinajstić information content (AvgIpc) is 3.00. The molecule has 1 fully saturated rings. The Balaban J connectivity index is 1.90. The van der Waals surface area contributed by atoms with Gasteiger partial charge in [0.1, 0.15) is 12.4 Å². The van der Waals surface area contributed by atoms with Crippen LogP contribution in [0, 0.1) is 5.82 Å². The number of nitrogens with zero attached hydrogens (tertiary/aromatic N) is 2. The zero-order valence-electron chi connectivity index (χ0n) is 12.4. The SMILES string of the molecule is NC(=O)OCC1CCCN1C(=O)c1ccnc2ccc(F)cc12. The normalized spacial score (nSPS) is 17.4. The van der Waals surface area contributed by atoms with Crippen molar-refractivity contribution < 1.29 is 18.7 Å². The number of amides is 2. The Morgan fingerprint density at radius 1 is 1.39 bits per heavy atom. The predicted octanol–water partition coefficient (Wildman–Crippen LogP) is 2.07. The Hall–Kier alpha value is -2.70. The van der Waals surface area contributed by atoms with Gasteiger partial charge in [-0.05, 0) is 37.1 Å². The molecule has 1 aliphatic rings. The first kappa shape index (κ1) is 15.2. The maximum absolute atomic E-state index is 13.5. The number of aromatic nitrogens is 1. The Kier molecular flexibility index (Phi) is 4.10. The minimum atomic E-state index is -0.860. The minimum Gasteiger partial charge on any atom is -0.448 e. The number of primary amides is 1. The predicted molar refractivity (Wildman–Crippen MR) is 81.3 cm³/mol. The summed E-state index contributed by atoms with van der Waals surface area (Å²) in [6.45, 7) is 0.628. The number of carbonyl (C=O) groups is 2. The fourth-order valence-corrected chi connectivity index (χ4v) is 2.91. The number of hydrogen-bond acceptors (Lipinski definition) is 4. The second-order valence-electron chi connectivity index (χ2n) is 5.44. The first-order valence-corrected chi connectivity index (χ1v) is 7.34. The fourth-order valence-electron chi connectivity index (χ4n) is 2.91. The molecule has 1 aromatic heterocycles. The van der Waals surface area contributed by atoms with Crippen molar-refractivity contribution in [3.05, 3.63) is 41.8 Å². The number of halogens is 1. The van der Waals surface area contributed by atoms with Crippen molar-refractivity contribution in [2.24, 2.45) is 5.73 Å². The molecule has 2 aromatic rings. The highest BCUT2D eigenvalue weighted by Crippen LogP contribution is 2.24. The first-order chi connectivity index (χ1) is 11.1. The molecule has 0 bridgehead atoms. The molecule has 1 unspecified atom stereocenters. The second-order valence-corrected chi connectivity index (χ2v) is 5.44. The number of rotatable bonds is 3. The third-order valence-electron chi connectivity index (χ3n) is 3.99. The van der Waals surface area contributed by atoms with Gasteiger partial charge in [0.2, 0.25) is 0 Å². The van der Waals surface area contributed by atoms with Gasteiger partial charge in [0, 0.05) is 18.1 Å². The van der Waals surface area contributed by atoms with Gasteiger partial charge in [0.25, 0.3) is 5.91 Å². The molecule has 2 N–H and O–H groups in total. The molecule has 0 radical (unpaired) electrons. The van der Waals surface area contributed by atoms with Crippen LogP contribution in [0.4, 0.5) is 9.18 Å². The fraction of sp³-hybridized carbons (Fsp3) is 0.312. The summed E-state index contributed by atoms with van der Waals surface area (Å²) in [4.78, 5) is 29.4. The average molecular weight is 317 g/mol. The standard InChI is InChI=1S/C16H16FN3O3/c17-10-3-4-14-13(8-10)12(5-6-19-14)15(21)20-7-1-2-11(20)9-23-16(18)22/h3-6,8,11H,1-2,7,9H2,(H2,18,22). The van der Waals surface area contributed by atoms with E-state index in [-0.39, 0.29) is 18.6 Å². The highest BCUT2D eigenvalue weighted by molar-refractivity contribution is 6.06. The van der Waals surface area contributed by atoms with E-state index in [1.165, 1.54) is 18.3 Å². The maximum atomic E-state index is 13.5. The second kappa shape index (κ2) is 6.20. The Morgan fingerprint density at radius 2 is 2.22 bits per heavy atom. The van der Waals surface area contributed by atoms with E-state index in [0.717, 1.165) is 12.8 Å². The van der Waals surface area contributed by atoms with Crippen LogP contribution in [0.1, 0.15) is 23.2 Å². The van der Waals surface area contributed by atoms with Crippen LogP contribution in [0.3, 0.4) is 0 Å². The Morgan fingerprint density at radius 3 is 3.00 bits per heavy atom. The summed E-state index contributed by atoms with van der Waals surface area (Å²) in [6, 6.07) is 5.52. The molecule has 120 valence electrons. The van der Waals surface area contributed by atoms with Crippen molar-refractivity contribution in [2.75, 3.05) is 13.2 Å². The Bertz CT molecular complexity index is 765. The zero-order chi connectivity index (χ0) is 16.4. The molecule has 23 heavy (non-hydrogen) atoms. The molecule has 0 aliphatic carbocycles. The molecule has 1 saturated heterocycles. The smallest absolute Gasteiger partial charge is 0.404 e. The van der Waals surface area contributed by atoms with Gasteiger partial charge in [-0.2, -0.15) is 0 Å². The number of nitrogens with two attached hydrogens (primary N) is 1. The lowest BCUT2D eigenvalue weighted by Gasteiger charge is -2.24. The van der Waals surface area contributed by atoms with Gasteiger partial charge >= 0.3 is 6.09 Å². The largest absolute Gasteiger partial charge is 0.448 e. The molecule has 2 amide bonds. The monoisotopic (exact) mass is 317 g/mol. The van der Waals surface area contributed by atoms with Crippen LogP contribution >= 0.6 is 0 Å². The molecule has 6 nitrogen and oxygen atoms in total. The lowest BCUT2D eigenvalue weighted by molar-refractivity contribution is 0.0648. The molecule has 7 heteroatoms. The summed E-state index contributed by atoms with van der Waals surface area (Å²) in [5.74, 6) is -0.645. The molecule has 2 heterocycles. The molecule has 1 atom stereocenters. The molecule has 1 aliphatic heterocycles. The summed E-state index contributed by atoms with van der Waals surface area (Å²) >= 11 is 0. The summed E-state index contributed by atoms with van der Waals surface area (Å²) in [5.41, 5.74) is 5.93. The molecule has 0 spiro atoms. The summed E-state index contributed by atoms with van der Waals surface area (Å²) in [5, 5.41) is 0.471. The van der Waals surface area contributed by atoms with Crippen molar-refractivity contribution in [3.8, 4) is 0 Å². The number of carbonyl (C=O) groups excluding carboxylic acids is 2. The van der Waals surface area contributed by atoms with Gasteiger partial charge in [-0.3, -0.25) is 9.78 Å². The molecule has 0 saturated carbocycles. The molecular weight excluding hydrogens is 301 g/mol. The summed E-state index contributed by atoms with van der Waals surface area (Å²) in [7, 11) is 0. The third kappa shape index (κ3) is 3.08. The maximum Gasteiger partial charge on any atom is 0.404 e. The van der Waals surface area contributed by atoms with Crippen molar-refractivity contribution in [1.82, 2.24) is 9.88 Å². The third-order valence-corrected chi connectivity index (χ3v) is 3.99. The lowest BCUT2D eigenvalue weighted by atomic mass is 10.1. The highest BCUT2D eigenvalue weighted by Gasteiger charge is 2.31. The van der Waals surface area contributed by atoms with E-state index >= 15 is 0 Å². The van der Waals surface area contributed by atoms with Crippen LogP contribution in [-0.4, -0.2) is 41.1 Å². The summed E-state index contributed by atoms with van der Waals surface area (Å²) < 4.78 is 18.3. The van der Waals surface area contributed by atoms with Crippen molar-refractivity contribution in [2.45, 2.75) is 18.9 Å². The zero-order valence-corrected chi connectivity index (χ0v) is 12.4. The van der Waals surface area contributed by atoms with Crippen molar-refractivity contribution >= 4 is 22.9 Å². The van der Waals surface area contributed by atoms with Gasteiger partial charge in [-0.1, -0.05) is 0 Å². The number of fused-ring (bicyclic) bond motifs is 1. The Labute approximate surface area is 132 Å². The number of hydrogen-bond donors (Lipinski definition) is 1. The quantitative estimate of drug-likeness (QED) is 0.939. The van der Waals surface area contributed by atoms with E-state index in [1.54, 1.807) is 17.0 Å². The van der Waals surface area contributed by atoms with Crippen LogP contribution < -0.4 is 5.73 Å². The van der Waals surface area contributed by atoms with Crippen molar-refractivity contribution in [1.29, 1.82) is 0 Å². The van der Waals surface area contributed by atoms with Crippen LogP contribution in [-0.2, 0) is 4.74 Å². The highest BCUT2D eigenvalue weighted by atomic mass is 19.1. The van der Waals surface area contributed by atoms with E-state index in [2.05, 4.69) is 4.98 Å². The molecular formula is C16H16FN3O3. The van der Waals surface area contributed by atoms with Crippen LogP contribution in [0.15, 0.2) is 30.5 Å². The molecule has 3 rings (SSSR count). The van der Waals surface area contributed by atoms with Crippen LogP contribution in [0.5, 0.6) is 0 Å². The van der Waals surface area contributed by atoms with E-state index < -0.39 is 11.9 Å². The summed E-state index contributed by atoms with van der Waals surface area (Å²) in [6.07, 6.45) is 2.21. The van der Waals surface area contributed by atoms with Gasteiger partial charge < -0.3 is 15.4 Å². The van der Waals surface area contributed by atoms with E-state index in [9.17, 15) is 14.0 Å². The van der Waals surface area contributed by atoms with E-state index in [4.69, 9.17) is 10.5 Å². The minimum absolute atomic E-state index is 0.0679. The van der Waals surface area contributed by atoms with Crippen molar-refractivity contribution in [3.63, 3.8) is 0 Å². The topological polar surface area (TPSA) is 85.5 Å². The number of ether oxygens (including phenoxy) is 1. The first-order valence-electron chi connectivity index (χ1n) is 7.34. The number of benzene rings is 1. The molecule has 1 aromatic carbocycles. The lowest BCUT2D eigenvalue weighted by Crippen LogP contribution is -2.39. The van der Waals surface area contributed by atoms with Crippen LogP contribution in [0.2, 0.25) is 0 Å². The van der Waals surface area contributed by atoms with E-state index in [0.29, 0.717) is 23.0 Å².